The Morgan fingerprint density at radius 2 is 2.00 bits per heavy atom. The fourth-order valence-electron chi connectivity index (χ4n) is 3.43. The molecule has 0 aliphatic carbocycles. The van der Waals surface area contributed by atoms with Crippen molar-refractivity contribution in [2.24, 2.45) is 11.8 Å². The monoisotopic (exact) mass is 388 g/mol. The van der Waals surface area contributed by atoms with Gasteiger partial charge in [-0.3, -0.25) is 9.78 Å². The first-order chi connectivity index (χ1) is 13.3. The van der Waals surface area contributed by atoms with Crippen LogP contribution in [-0.2, 0) is 20.9 Å². The molecule has 0 spiro atoms. The van der Waals surface area contributed by atoms with E-state index < -0.39 is 6.04 Å². The molecule has 2 heterocycles. The van der Waals surface area contributed by atoms with Gasteiger partial charge in [0.05, 0.1) is 18.3 Å². The second-order valence-electron chi connectivity index (χ2n) is 7.71. The average Bonchev–Trinajstić information content (AvgIpc) is 2.98. The van der Waals surface area contributed by atoms with E-state index in [1.54, 1.807) is 31.3 Å². The summed E-state index contributed by atoms with van der Waals surface area (Å²) >= 11 is 0. The first-order valence-electron chi connectivity index (χ1n) is 9.96. The molecule has 0 aromatic carbocycles. The van der Waals surface area contributed by atoms with Crippen molar-refractivity contribution in [3.8, 4) is 0 Å². The molecule has 154 valence electrons. The second-order valence-corrected chi connectivity index (χ2v) is 7.71. The van der Waals surface area contributed by atoms with Crippen molar-refractivity contribution in [2.75, 3.05) is 13.7 Å². The summed E-state index contributed by atoms with van der Waals surface area (Å²) in [5.74, 6) is 0.604. The topological polar surface area (TPSA) is 77.3 Å². The highest BCUT2D eigenvalue weighted by Crippen LogP contribution is 2.19. The summed E-state index contributed by atoms with van der Waals surface area (Å²) in [6.45, 7) is 10.7. The molecule has 0 fully saturated rings. The Hall–Kier alpha value is -2.44. The quantitative estimate of drug-likeness (QED) is 0.617. The van der Waals surface area contributed by atoms with Gasteiger partial charge in [-0.1, -0.05) is 20.8 Å². The Bertz CT molecular complexity index is 815. The zero-order valence-electron chi connectivity index (χ0n) is 17.8. The third-order valence-electron chi connectivity index (χ3n) is 5.02. The van der Waals surface area contributed by atoms with Gasteiger partial charge in [-0.15, -0.1) is 0 Å². The number of esters is 1. The number of carbonyl (C=O) groups is 2. The lowest BCUT2D eigenvalue weighted by Crippen LogP contribution is -2.46. The van der Waals surface area contributed by atoms with E-state index in [1.807, 2.05) is 33.8 Å². The summed E-state index contributed by atoms with van der Waals surface area (Å²) in [5.41, 5.74) is 1.88. The van der Waals surface area contributed by atoms with E-state index in [0.29, 0.717) is 26.0 Å². The molecule has 2 rings (SSSR count). The maximum absolute atomic E-state index is 13.0. The minimum absolute atomic E-state index is 0.0394. The largest absolute Gasteiger partial charge is 0.464 e. The van der Waals surface area contributed by atoms with Gasteiger partial charge in [0.25, 0.3) is 0 Å². The highest BCUT2D eigenvalue weighted by atomic mass is 16.5. The van der Waals surface area contributed by atoms with Gasteiger partial charge >= 0.3 is 5.97 Å². The standard InChI is InChI=1S/C21H32N4O3/c1-7-28-21(27)19(12-14(2)3)24(6)20(26)15(4)9-11-25-16(5)23-17-13-22-10-8-18(17)25/h8,10,13-15,19H,7,9,11-12H2,1-6H3/t15?,19-/m0/s1. The summed E-state index contributed by atoms with van der Waals surface area (Å²) < 4.78 is 7.30. The molecule has 1 amide bonds. The lowest BCUT2D eigenvalue weighted by Gasteiger charge is -2.30. The number of hydrogen-bond donors (Lipinski definition) is 0. The fraction of sp³-hybridized carbons (Fsp3) is 0.619. The number of amides is 1. The van der Waals surface area contributed by atoms with Crippen LogP contribution in [0.2, 0.25) is 0 Å². The van der Waals surface area contributed by atoms with Gasteiger partial charge in [0, 0.05) is 25.7 Å². The third kappa shape index (κ3) is 5.09. The summed E-state index contributed by atoms with van der Waals surface area (Å²) in [4.78, 5) is 35.5. The smallest absolute Gasteiger partial charge is 0.328 e. The molecule has 7 heteroatoms. The number of aryl methyl sites for hydroxylation is 2. The van der Waals surface area contributed by atoms with Crippen molar-refractivity contribution in [3.05, 3.63) is 24.3 Å². The Balaban J connectivity index is 2.07. The van der Waals surface area contributed by atoms with Crippen molar-refractivity contribution >= 4 is 22.9 Å². The van der Waals surface area contributed by atoms with E-state index in [0.717, 1.165) is 16.9 Å². The minimum Gasteiger partial charge on any atom is -0.464 e. The van der Waals surface area contributed by atoms with Gasteiger partial charge in [-0.05, 0) is 38.7 Å². The van der Waals surface area contributed by atoms with Crippen LogP contribution in [0.15, 0.2) is 18.5 Å². The molecule has 0 radical (unpaired) electrons. The van der Waals surface area contributed by atoms with Crippen LogP contribution in [0.4, 0.5) is 0 Å². The number of hydrogen-bond acceptors (Lipinski definition) is 5. The number of carbonyl (C=O) groups excluding carboxylic acids is 2. The maximum Gasteiger partial charge on any atom is 0.328 e. The maximum atomic E-state index is 13.0. The minimum atomic E-state index is -0.545. The van der Waals surface area contributed by atoms with Crippen LogP contribution in [0, 0.1) is 18.8 Å². The van der Waals surface area contributed by atoms with Crippen LogP contribution in [0.1, 0.15) is 46.4 Å². The fourth-order valence-corrected chi connectivity index (χ4v) is 3.43. The summed E-state index contributed by atoms with van der Waals surface area (Å²) in [7, 11) is 1.70. The molecule has 0 aliphatic rings. The van der Waals surface area contributed by atoms with Crippen LogP contribution >= 0.6 is 0 Å². The average molecular weight is 389 g/mol. The van der Waals surface area contributed by atoms with Gasteiger partial charge in [-0.25, -0.2) is 9.78 Å². The SMILES string of the molecule is CCOC(=O)[C@H](CC(C)C)N(C)C(=O)C(C)CCn1c(C)nc2cnccc21. The molecule has 2 aromatic rings. The molecule has 2 aromatic heterocycles. The van der Waals surface area contributed by atoms with Crippen molar-refractivity contribution in [2.45, 2.75) is 60.0 Å². The van der Waals surface area contributed by atoms with Gasteiger partial charge in [0.1, 0.15) is 17.4 Å². The van der Waals surface area contributed by atoms with Crippen LogP contribution in [0.5, 0.6) is 0 Å². The van der Waals surface area contributed by atoms with Gasteiger partial charge in [0.15, 0.2) is 0 Å². The van der Waals surface area contributed by atoms with Crippen LogP contribution < -0.4 is 0 Å². The molecule has 0 saturated carbocycles. The Morgan fingerprint density at radius 1 is 1.29 bits per heavy atom. The highest BCUT2D eigenvalue weighted by Gasteiger charge is 2.31. The zero-order valence-corrected chi connectivity index (χ0v) is 17.8. The number of pyridine rings is 1. The van der Waals surface area contributed by atoms with Gasteiger partial charge < -0.3 is 14.2 Å². The Morgan fingerprint density at radius 3 is 2.64 bits per heavy atom. The number of rotatable bonds is 9. The van der Waals surface area contributed by atoms with E-state index in [1.165, 1.54) is 0 Å². The number of fused-ring (bicyclic) bond motifs is 1. The van der Waals surface area contributed by atoms with E-state index in [-0.39, 0.29) is 23.7 Å². The molecular weight excluding hydrogens is 356 g/mol. The molecular formula is C21H32N4O3. The normalized spacial score (nSPS) is 13.5. The van der Waals surface area contributed by atoms with Gasteiger partial charge in [0.2, 0.25) is 5.91 Å². The van der Waals surface area contributed by atoms with Crippen molar-refractivity contribution in [1.82, 2.24) is 19.4 Å². The molecule has 7 nitrogen and oxygen atoms in total. The Kier molecular flexibility index (Phi) is 7.54. The second kappa shape index (κ2) is 9.66. The van der Waals surface area contributed by atoms with E-state index in [9.17, 15) is 9.59 Å². The van der Waals surface area contributed by atoms with E-state index in [4.69, 9.17) is 4.74 Å². The summed E-state index contributed by atoms with van der Waals surface area (Å²) in [6, 6.07) is 1.39. The van der Waals surface area contributed by atoms with E-state index in [2.05, 4.69) is 14.5 Å². The van der Waals surface area contributed by atoms with Crippen LogP contribution in [0.3, 0.4) is 0 Å². The number of likely N-dealkylation sites (N-methyl/N-ethyl adjacent to an activating group) is 1. The number of aromatic nitrogens is 3. The van der Waals surface area contributed by atoms with Crippen LogP contribution in [0.25, 0.3) is 11.0 Å². The summed E-state index contributed by atoms with van der Waals surface area (Å²) in [6.07, 6.45) is 4.75. The number of nitrogens with zero attached hydrogens (tertiary/aromatic N) is 4. The van der Waals surface area contributed by atoms with Crippen molar-refractivity contribution in [3.63, 3.8) is 0 Å². The first-order valence-corrected chi connectivity index (χ1v) is 9.96. The molecule has 1 unspecified atom stereocenters. The van der Waals surface area contributed by atoms with Crippen molar-refractivity contribution in [1.29, 1.82) is 0 Å². The molecule has 0 bridgehead atoms. The van der Waals surface area contributed by atoms with Gasteiger partial charge in [-0.2, -0.15) is 0 Å². The predicted octanol–water partition coefficient (Wildman–Crippen LogP) is 3.20. The lowest BCUT2D eigenvalue weighted by molar-refractivity contribution is -0.155. The third-order valence-corrected chi connectivity index (χ3v) is 5.02. The molecule has 2 atom stereocenters. The Labute approximate surface area is 167 Å². The summed E-state index contributed by atoms with van der Waals surface area (Å²) in [5, 5.41) is 0. The molecule has 0 saturated heterocycles. The number of ether oxygens (including phenoxy) is 1. The van der Waals surface area contributed by atoms with Crippen molar-refractivity contribution < 1.29 is 14.3 Å². The molecule has 28 heavy (non-hydrogen) atoms. The molecule has 0 aliphatic heterocycles. The van der Waals surface area contributed by atoms with E-state index >= 15 is 0 Å². The lowest BCUT2D eigenvalue weighted by atomic mass is 10.00. The predicted molar refractivity (Wildman–Crippen MR) is 109 cm³/mol. The number of imidazole rings is 1. The van der Waals surface area contributed by atoms with Crippen LogP contribution in [-0.4, -0.2) is 51.0 Å². The highest BCUT2D eigenvalue weighted by molar-refractivity contribution is 5.85. The zero-order chi connectivity index (χ0) is 20.8. The molecule has 0 N–H and O–H groups in total. The first kappa shape index (κ1) is 21.9.